The molecule has 0 bridgehead atoms. The number of aromatic hydroxyl groups is 1. The van der Waals surface area contributed by atoms with Gasteiger partial charge in [0.15, 0.2) is 0 Å². The Labute approximate surface area is 74.2 Å². The van der Waals surface area contributed by atoms with E-state index in [1.54, 1.807) is 6.07 Å². The van der Waals surface area contributed by atoms with Gasteiger partial charge in [-0.1, -0.05) is 0 Å². The van der Waals surface area contributed by atoms with Gasteiger partial charge < -0.3 is 9.84 Å². The Morgan fingerprint density at radius 1 is 1.77 bits per heavy atom. The lowest BCUT2D eigenvalue weighted by atomic mass is 10.2. The van der Waals surface area contributed by atoms with Crippen LogP contribution in [0.3, 0.4) is 0 Å². The van der Waals surface area contributed by atoms with Crippen LogP contribution in [0.2, 0.25) is 0 Å². The SMILES string of the molecule is COC(=O)c1cnc(O)c(C#N)c1. The minimum Gasteiger partial charge on any atom is -0.492 e. The van der Waals surface area contributed by atoms with E-state index in [4.69, 9.17) is 10.4 Å². The number of esters is 1. The standard InChI is InChI=1S/C8H6N2O3/c1-13-8(12)6-2-5(3-9)7(11)10-4-6/h2,4H,1H3,(H,10,11). The molecule has 1 rings (SSSR count). The molecule has 66 valence electrons. The molecule has 5 nitrogen and oxygen atoms in total. The number of nitriles is 1. The predicted octanol–water partition coefficient (Wildman–Crippen LogP) is 0.445. The van der Waals surface area contributed by atoms with Gasteiger partial charge in [-0.05, 0) is 6.07 Å². The van der Waals surface area contributed by atoms with Crippen molar-refractivity contribution in [2.75, 3.05) is 7.11 Å². The number of nitrogens with zero attached hydrogens (tertiary/aromatic N) is 2. The molecule has 0 aliphatic heterocycles. The number of rotatable bonds is 1. The van der Waals surface area contributed by atoms with Gasteiger partial charge in [-0.25, -0.2) is 9.78 Å². The molecular weight excluding hydrogens is 172 g/mol. The van der Waals surface area contributed by atoms with Crippen LogP contribution in [-0.4, -0.2) is 23.2 Å². The zero-order valence-corrected chi connectivity index (χ0v) is 6.81. The summed E-state index contributed by atoms with van der Waals surface area (Å²) < 4.78 is 4.41. The van der Waals surface area contributed by atoms with Crippen LogP contribution in [0.15, 0.2) is 12.3 Å². The first-order valence-electron chi connectivity index (χ1n) is 3.36. The van der Waals surface area contributed by atoms with Gasteiger partial charge in [0.1, 0.15) is 11.6 Å². The predicted molar refractivity (Wildman–Crippen MR) is 42.0 cm³/mol. The summed E-state index contributed by atoms with van der Waals surface area (Å²) in [5, 5.41) is 17.5. The number of ether oxygens (including phenoxy) is 1. The Hall–Kier alpha value is -2.09. The number of hydrogen-bond donors (Lipinski definition) is 1. The number of carbonyl (C=O) groups excluding carboxylic acids is 1. The highest BCUT2D eigenvalue weighted by Gasteiger charge is 2.09. The summed E-state index contributed by atoms with van der Waals surface area (Å²) in [6.07, 6.45) is 1.14. The van der Waals surface area contributed by atoms with E-state index in [9.17, 15) is 4.79 Å². The number of carbonyl (C=O) groups is 1. The van der Waals surface area contributed by atoms with E-state index in [0.29, 0.717) is 0 Å². The van der Waals surface area contributed by atoms with Crippen LogP contribution in [0.25, 0.3) is 0 Å². The summed E-state index contributed by atoms with van der Waals surface area (Å²) in [6, 6.07) is 2.91. The van der Waals surface area contributed by atoms with Crippen LogP contribution in [0, 0.1) is 11.3 Å². The number of hydrogen-bond acceptors (Lipinski definition) is 5. The van der Waals surface area contributed by atoms with Gasteiger partial charge in [0.05, 0.1) is 12.7 Å². The van der Waals surface area contributed by atoms with E-state index in [1.165, 1.54) is 13.2 Å². The molecule has 0 unspecified atom stereocenters. The summed E-state index contributed by atoms with van der Waals surface area (Å²) in [7, 11) is 1.22. The van der Waals surface area contributed by atoms with Crippen molar-refractivity contribution < 1.29 is 14.6 Å². The monoisotopic (exact) mass is 178 g/mol. The van der Waals surface area contributed by atoms with Crippen LogP contribution in [0.4, 0.5) is 0 Å². The van der Waals surface area contributed by atoms with Crippen molar-refractivity contribution in [3.63, 3.8) is 0 Å². The van der Waals surface area contributed by atoms with Crippen molar-refractivity contribution in [3.05, 3.63) is 23.4 Å². The largest absolute Gasteiger partial charge is 0.492 e. The quantitative estimate of drug-likeness (QED) is 0.631. The van der Waals surface area contributed by atoms with Gasteiger partial charge in [-0.2, -0.15) is 5.26 Å². The summed E-state index contributed by atoms with van der Waals surface area (Å²) >= 11 is 0. The first-order valence-corrected chi connectivity index (χ1v) is 3.36. The maximum absolute atomic E-state index is 10.9. The fraction of sp³-hybridized carbons (Fsp3) is 0.125. The lowest BCUT2D eigenvalue weighted by Gasteiger charge is -1.99. The molecule has 5 heteroatoms. The van der Waals surface area contributed by atoms with Gasteiger partial charge in [0.2, 0.25) is 5.88 Å². The first-order chi connectivity index (χ1) is 6.19. The Morgan fingerprint density at radius 2 is 2.46 bits per heavy atom. The summed E-state index contributed by atoms with van der Waals surface area (Å²) in [5.74, 6) is -0.987. The van der Waals surface area contributed by atoms with E-state index in [-0.39, 0.29) is 11.1 Å². The second kappa shape index (κ2) is 3.54. The van der Waals surface area contributed by atoms with Crippen molar-refractivity contribution in [2.24, 2.45) is 0 Å². The Morgan fingerprint density at radius 3 is 3.00 bits per heavy atom. The van der Waals surface area contributed by atoms with Crippen LogP contribution in [0.5, 0.6) is 5.88 Å². The molecule has 0 aromatic carbocycles. The first kappa shape index (κ1) is 9.00. The fourth-order valence-corrected chi connectivity index (χ4v) is 0.769. The third-order valence-corrected chi connectivity index (χ3v) is 1.41. The molecule has 1 aromatic rings. The molecule has 0 aliphatic rings. The Balaban J connectivity index is 3.15. The Kier molecular flexibility index (Phi) is 2.45. The van der Waals surface area contributed by atoms with Gasteiger partial charge in [-0.15, -0.1) is 0 Å². The van der Waals surface area contributed by atoms with Gasteiger partial charge in [-0.3, -0.25) is 0 Å². The molecule has 0 spiro atoms. The second-order valence-corrected chi connectivity index (χ2v) is 2.20. The summed E-state index contributed by atoms with van der Waals surface area (Å²) in [6.45, 7) is 0. The topological polar surface area (TPSA) is 83.2 Å². The summed E-state index contributed by atoms with van der Waals surface area (Å²) in [4.78, 5) is 14.4. The molecule has 0 saturated heterocycles. The highest BCUT2D eigenvalue weighted by Crippen LogP contribution is 2.13. The van der Waals surface area contributed by atoms with Crippen LogP contribution in [-0.2, 0) is 4.74 Å². The number of methoxy groups -OCH3 is 1. The van der Waals surface area contributed by atoms with Crippen LogP contribution in [0.1, 0.15) is 15.9 Å². The average molecular weight is 178 g/mol. The minimum absolute atomic E-state index is 0.0529. The van der Waals surface area contributed by atoms with Crippen molar-refractivity contribution in [2.45, 2.75) is 0 Å². The van der Waals surface area contributed by atoms with Crippen LogP contribution >= 0.6 is 0 Å². The molecule has 0 fully saturated rings. The molecule has 13 heavy (non-hydrogen) atoms. The van der Waals surface area contributed by atoms with Crippen LogP contribution < -0.4 is 0 Å². The van der Waals surface area contributed by atoms with Crippen molar-refractivity contribution >= 4 is 5.97 Å². The van der Waals surface area contributed by atoms with Gasteiger partial charge in [0, 0.05) is 6.20 Å². The Bertz CT molecular complexity index is 381. The smallest absolute Gasteiger partial charge is 0.339 e. The van der Waals surface area contributed by atoms with E-state index in [1.807, 2.05) is 0 Å². The highest BCUT2D eigenvalue weighted by molar-refractivity contribution is 5.89. The third kappa shape index (κ3) is 1.73. The molecule has 0 atom stereocenters. The normalized spacial score (nSPS) is 8.92. The van der Waals surface area contributed by atoms with Crippen molar-refractivity contribution in [3.8, 4) is 11.9 Å². The molecule has 1 aromatic heterocycles. The lowest BCUT2D eigenvalue weighted by molar-refractivity contribution is 0.0600. The molecule has 0 radical (unpaired) electrons. The maximum Gasteiger partial charge on any atom is 0.339 e. The summed E-state index contributed by atoms with van der Waals surface area (Å²) in [5.41, 5.74) is 0.0831. The zero-order valence-electron chi connectivity index (χ0n) is 6.81. The zero-order chi connectivity index (χ0) is 9.84. The average Bonchev–Trinajstić information content (AvgIpc) is 2.17. The maximum atomic E-state index is 10.9. The molecule has 0 aliphatic carbocycles. The molecule has 0 saturated carbocycles. The third-order valence-electron chi connectivity index (χ3n) is 1.41. The molecule has 1 heterocycles. The van der Waals surface area contributed by atoms with Gasteiger partial charge in [0.25, 0.3) is 0 Å². The molecule has 1 N–H and O–H groups in total. The van der Waals surface area contributed by atoms with E-state index in [2.05, 4.69) is 9.72 Å². The van der Waals surface area contributed by atoms with Crippen molar-refractivity contribution in [1.82, 2.24) is 4.98 Å². The van der Waals surface area contributed by atoms with Crippen molar-refractivity contribution in [1.29, 1.82) is 5.26 Å². The number of aromatic nitrogens is 1. The minimum atomic E-state index is -0.594. The lowest BCUT2D eigenvalue weighted by Crippen LogP contribution is -2.02. The van der Waals surface area contributed by atoms with E-state index in [0.717, 1.165) is 6.20 Å². The highest BCUT2D eigenvalue weighted by atomic mass is 16.5. The van der Waals surface area contributed by atoms with Gasteiger partial charge >= 0.3 is 5.97 Å². The number of pyridine rings is 1. The second-order valence-electron chi connectivity index (χ2n) is 2.20. The van der Waals surface area contributed by atoms with E-state index >= 15 is 0 Å². The molecular formula is C8H6N2O3. The molecule has 0 amide bonds. The van der Waals surface area contributed by atoms with E-state index < -0.39 is 11.8 Å². The fourth-order valence-electron chi connectivity index (χ4n) is 0.769.